The minimum atomic E-state index is 0.314. The Bertz CT molecular complexity index is 1260. The molecule has 3 aliphatic rings. The highest BCUT2D eigenvalue weighted by atomic mass is 16.5. The number of ether oxygens (including phenoxy) is 1. The molecule has 194 valence electrons. The molecule has 37 heavy (non-hydrogen) atoms. The summed E-state index contributed by atoms with van der Waals surface area (Å²) in [5, 5.41) is 24.5. The molecule has 0 saturated carbocycles. The summed E-state index contributed by atoms with van der Waals surface area (Å²) in [6.07, 6.45) is 6.39. The molecule has 2 atom stereocenters. The third kappa shape index (κ3) is 5.20. The fourth-order valence-electron chi connectivity index (χ4n) is 6.22. The van der Waals surface area contributed by atoms with Crippen LogP contribution in [-0.4, -0.2) is 76.0 Å². The zero-order chi connectivity index (χ0) is 25.2. The zero-order valence-corrected chi connectivity index (χ0v) is 21.4. The van der Waals surface area contributed by atoms with E-state index in [0.717, 1.165) is 79.6 Å². The van der Waals surface area contributed by atoms with Gasteiger partial charge in [0.25, 0.3) is 0 Å². The summed E-state index contributed by atoms with van der Waals surface area (Å²) in [4.78, 5) is 14.8. The number of fused-ring (bicyclic) bond motifs is 3. The third-order valence-electron chi connectivity index (χ3n) is 7.95. The lowest BCUT2D eigenvalue weighted by Crippen LogP contribution is -2.55. The monoisotopic (exact) mass is 501 g/mol. The number of morpholine rings is 1. The molecule has 0 amide bonds. The molecule has 3 aromatic rings. The van der Waals surface area contributed by atoms with Gasteiger partial charge in [0.05, 0.1) is 24.8 Å². The molecule has 3 saturated heterocycles. The van der Waals surface area contributed by atoms with E-state index >= 15 is 0 Å². The summed E-state index contributed by atoms with van der Waals surface area (Å²) in [5.41, 5.74) is 3.05. The van der Waals surface area contributed by atoms with Crippen molar-refractivity contribution in [2.45, 2.75) is 63.6 Å². The second-order valence-corrected chi connectivity index (χ2v) is 10.5. The highest BCUT2D eigenvalue weighted by Gasteiger charge is 2.38. The van der Waals surface area contributed by atoms with Crippen molar-refractivity contribution in [1.29, 1.82) is 5.26 Å². The summed E-state index contributed by atoms with van der Waals surface area (Å²) in [6.45, 7) is 6.12. The van der Waals surface area contributed by atoms with Gasteiger partial charge in [0.2, 0.25) is 5.95 Å². The number of nitrogens with zero attached hydrogens (tertiary/aromatic N) is 6. The molecule has 0 aliphatic carbocycles. The standard InChI is InChI=1S/C27H35N9O/c1-18-14-25(34-33-18)31-26-23-7-6-20(35-10-12-37-13-11-35)17-24(23)30-27(32-26)29-19-15-21-4-2-5-22(16-19)36(21)9-3-8-28/h6-7,14,17,19,21-22H,2-5,9-13,15-16H2,1H3,(H3,29,30,31,32,33,34). The minimum Gasteiger partial charge on any atom is -0.378 e. The fourth-order valence-corrected chi connectivity index (χ4v) is 6.22. The van der Waals surface area contributed by atoms with Crippen molar-refractivity contribution in [1.82, 2.24) is 25.1 Å². The predicted molar refractivity (Wildman–Crippen MR) is 144 cm³/mol. The maximum absolute atomic E-state index is 9.10. The first-order valence-electron chi connectivity index (χ1n) is 13.5. The van der Waals surface area contributed by atoms with E-state index in [-0.39, 0.29) is 0 Å². The highest BCUT2D eigenvalue weighted by molar-refractivity contribution is 5.93. The molecule has 3 N–H and O–H groups in total. The second kappa shape index (κ2) is 10.5. The van der Waals surface area contributed by atoms with Gasteiger partial charge in [-0.1, -0.05) is 6.42 Å². The number of aromatic amines is 1. The molecular weight excluding hydrogens is 466 g/mol. The van der Waals surface area contributed by atoms with E-state index in [2.05, 4.69) is 54.9 Å². The first-order valence-corrected chi connectivity index (χ1v) is 13.5. The Morgan fingerprint density at radius 2 is 1.95 bits per heavy atom. The first kappa shape index (κ1) is 23.9. The molecule has 6 rings (SSSR count). The Labute approximate surface area is 217 Å². The van der Waals surface area contributed by atoms with Crippen molar-refractivity contribution >= 4 is 34.2 Å². The summed E-state index contributed by atoms with van der Waals surface area (Å²) < 4.78 is 5.54. The fraction of sp³-hybridized carbons (Fsp3) is 0.556. The maximum Gasteiger partial charge on any atom is 0.225 e. The molecule has 3 fully saturated rings. The quantitative estimate of drug-likeness (QED) is 0.442. The number of hydrogen-bond acceptors (Lipinski definition) is 9. The van der Waals surface area contributed by atoms with E-state index in [1.165, 1.54) is 19.3 Å². The Morgan fingerprint density at radius 3 is 2.68 bits per heavy atom. The van der Waals surface area contributed by atoms with Gasteiger partial charge in [0.1, 0.15) is 5.82 Å². The summed E-state index contributed by atoms with van der Waals surface area (Å²) in [6, 6.07) is 12.1. The van der Waals surface area contributed by atoms with Crippen molar-refractivity contribution in [2.24, 2.45) is 0 Å². The molecule has 1 aromatic carbocycles. The predicted octanol–water partition coefficient (Wildman–Crippen LogP) is 3.95. The van der Waals surface area contributed by atoms with Gasteiger partial charge >= 0.3 is 0 Å². The molecule has 5 heterocycles. The Hall–Kier alpha value is -3.42. The Morgan fingerprint density at radius 1 is 1.14 bits per heavy atom. The summed E-state index contributed by atoms with van der Waals surface area (Å²) >= 11 is 0. The number of benzene rings is 1. The van der Waals surface area contributed by atoms with Crippen LogP contribution >= 0.6 is 0 Å². The average Bonchev–Trinajstić information content (AvgIpc) is 3.32. The SMILES string of the molecule is Cc1cc(Nc2nc(NC3CC4CCCC(C3)N4CCC#N)nc3cc(N4CCOCC4)ccc23)n[nH]1. The maximum atomic E-state index is 9.10. The topological polar surface area (TPSA) is 118 Å². The van der Waals surface area contributed by atoms with Gasteiger partial charge in [0, 0.05) is 67.0 Å². The van der Waals surface area contributed by atoms with E-state index in [0.29, 0.717) is 30.5 Å². The van der Waals surface area contributed by atoms with E-state index < -0.39 is 0 Å². The lowest BCUT2D eigenvalue weighted by atomic mass is 9.81. The molecular formula is C27H35N9O. The molecule has 2 bridgehead atoms. The van der Waals surface area contributed by atoms with Crippen molar-refractivity contribution in [3.63, 3.8) is 0 Å². The van der Waals surface area contributed by atoms with Gasteiger partial charge in [-0.2, -0.15) is 15.3 Å². The van der Waals surface area contributed by atoms with Crippen LogP contribution in [0.1, 0.15) is 44.2 Å². The lowest BCUT2D eigenvalue weighted by Gasteiger charge is -2.48. The van der Waals surface area contributed by atoms with Crippen LogP contribution in [0, 0.1) is 18.3 Å². The molecule has 2 aromatic heterocycles. The van der Waals surface area contributed by atoms with Crippen molar-refractivity contribution in [3.05, 3.63) is 30.0 Å². The minimum absolute atomic E-state index is 0.314. The van der Waals surface area contributed by atoms with E-state index in [1.54, 1.807) is 0 Å². The molecule has 0 radical (unpaired) electrons. The summed E-state index contributed by atoms with van der Waals surface area (Å²) in [5.74, 6) is 2.13. The first-order chi connectivity index (χ1) is 18.2. The molecule has 2 unspecified atom stereocenters. The third-order valence-corrected chi connectivity index (χ3v) is 7.95. The average molecular weight is 502 g/mol. The van der Waals surface area contributed by atoms with E-state index in [1.807, 2.05) is 13.0 Å². The Kier molecular flexibility index (Phi) is 6.81. The molecule has 10 heteroatoms. The van der Waals surface area contributed by atoms with E-state index in [4.69, 9.17) is 20.0 Å². The Balaban J connectivity index is 1.29. The molecule has 10 nitrogen and oxygen atoms in total. The van der Waals surface area contributed by atoms with Crippen LogP contribution in [0.3, 0.4) is 0 Å². The molecule has 3 aliphatic heterocycles. The lowest BCUT2D eigenvalue weighted by molar-refractivity contribution is 0.0369. The normalized spacial score (nSPS) is 24.1. The van der Waals surface area contributed by atoms with Crippen LogP contribution in [0.4, 0.5) is 23.3 Å². The van der Waals surface area contributed by atoms with Gasteiger partial charge in [-0.3, -0.25) is 10.00 Å². The number of anilines is 4. The van der Waals surface area contributed by atoms with Gasteiger partial charge < -0.3 is 20.3 Å². The van der Waals surface area contributed by atoms with Gasteiger partial charge in [-0.25, -0.2) is 4.98 Å². The second-order valence-electron chi connectivity index (χ2n) is 10.5. The number of nitriles is 1. The smallest absolute Gasteiger partial charge is 0.225 e. The van der Waals surface area contributed by atoms with Gasteiger partial charge in [0.15, 0.2) is 5.82 Å². The number of H-pyrrole nitrogens is 1. The van der Waals surface area contributed by atoms with Gasteiger partial charge in [-0.15, -0.1) is 0 Å². The van der Waals surface area contributed by atoms with Crippen LogP contribution in [0.25, 0.3) is 10.9 Å². The van der Waals surface area contributed by atoms with Crippen LogP contribution in [-0.2, 0) is 4.74 Å². The number of piperidine rings is 2. The number of rotatable bonds is 7. The highest BCUT2D eigenvalue weighted by Crippen LogP contribution is 2.36. The van der Waals surface area contributed by atoms with Crippen LogP contribution in [0.15, 0.2) is 24.3 Å². The van der Waals surface area contributed by atoms with Crippen molar-refractivity contribution < 1.29 is 4.74 Å². The number of hydrogen-bond donors (Lipinski definition) is 3. The van der Waals surface area contributed by atoms with Crippen molar-refractivity contribution in [2.75, 3.05) is 48.4 Å². The molecule has 0 spiro atoms. The van der Waals surface area contributed by atoms with Crippen LogP contribution in [0.2, 0.25) is 0 Å². The number of aryl methyl sites for hydroxylation is 1. The van der Waals surface area contributed by atoms with Crippen LogP contribution < -0.4 is 15.5 Å². The van der Waals surface area contributed by atoms with Crippen LogP contribution in [0.5, 0.6) is 0 Å². The van der Waals surface area contributed by atoms with Gasteiger partial charge in [-0.05, 0) is 50.8 Å². The zero-order valence-electron chi connectivity index (χ0n) is 21.4. The van der Waals surface area contributed by atoms with E-state index in [9.17, 15) is 0 Å². The summed E-state index contributed by atoms with van der Waals surface area (Å²) in [7, 11) is 0. The number of nitrogens with one attached hydrogen (secondary N) is 3. The van der Waals surface area contributed by atoms with Crippen molar-refractivity contribution in [3.8, 4) is 6.07 Å². The number of aromatic nitrogens is 4. The largest absolute Gasteiger partial charge is 0.378 e.